The second-order valence-corrected chi connectivity index (χ2v) is 4.31. The van der Waals surface area contributed by atoms with Crippen LogP contribution in [0.25, 0.3) is 0 Å². The van der Waals surface area contributed by atoms with Gasteiger partial charge in [0.2, 0.25) is 0 Å². The molecular weight excluding hydrogens is 134 g/mol. The van der Waals surface area contributed by atoms with E-state index in [2.05, 4.69) is 19.2 Å². The summed E-state index contributed by atoms with van der Waals surface area (Å²) in [7, 11) is 0. The van der Waals surface area contributed by atoms with Gasteiger partial charge in [0.1, 0.15) is 0 Å². The summed E-state index contributed by atoms with van der Waals surface area (Å²) >= 11 is 0. The third kappa shape index (κ3) is 0.936. The Labute approximate surface area is 69.6 Å². The molecule has 2 atom stereocenters. The summed E-state index contributed by atoms with van der Waals surface area (Å²) in [6.07, 6.45) is 5.70. The van der Waals surface area contributed by atoms with Crippen molar-refractivity contribution in [1.29, 1.82) is 0 Å². The largest absolute Gasteiger partial charge is 0.314 e. The Bertz CT molecular complexity index is 149. The molecule has 2 unspecified atom stereocenters. The molecule has 11 heavy (non-hydrogen) atoms. The molecule has 1 N–H and O–H groups in total. The molecule has 1 aliphatic carbocycles. The van der Waals surface area contributed by atoms with Crippen LogP contribution in [-0.4, -0.2) is 12.6 Å². The molecule has 1 aliphatic heterocycles. The van der Waals surface area contributed by atoms with Gasteiger partial charge in [0.25, 0.3) is 0 Å². The molecule has 2 aliphatic rings. The van der Waals surface area contributed by atoms with E-state index < -0.39 is 0 Å². The minimum atomic E-state index is 0.732. The first kappa shape index (κ1) is 7.60. The van der Waals surface area contributed by atoms with E-state index >= 15 is 0 Å². The first-order chi connectivity index (χ1) is 5.30. The number of piperidine rings is 1. The Kier molecular flexibility index (Phi) is 1.71. The first-order valence-electron chi connectivity index (χ1n) is 5.04. The summed E-state index contributed by atoms with van der Waals surface area (Å²) in [5.41, 5.74) is 0.732. The SMILES string of the molecule is CCC1(CC)CC2CC1CN2. The van der Waals surface area contributed by atoms with Gasteiger partial charge in [-0.2, -0.15) is 0 Å². The van der Waals surface area contributed by atoms with Crippen LogP contribution in [0.5, 0.6) is 0 Å². The highest BCUT2D eigenvalue weighted by Crippen LogP contribution is 2.51. The van der Waals surface area contributed by atoms with Gasteiger partial charge in [0.05, 0.1) is 0 Å². The highest BCUT2D eigenvalue weighted by molar-refractivity contribution is 5.02. The van der Waals surface area contributed by atoms with Crippen LogP contribution in [0.1, 0.15) is 39.5 Å². The average Bonchev–Trinajstić information content (AvgIpc) is 2.62. The maximum absolute atomic E-state index is 3.58. The smallest absolute Gasteiger partial charge is 0.00758 e. The molecule has 1 nitrogen and oxygen atoms in total. The fourth-order valence-electron chi connectivity index (χ4n) is 3.21. The lowest BCUT2D eigenvalue weighted by molar-refractivity contribution is 0.160. The molecule has 0 aromatic heterocycles. The molecule has 0 spiro atoms. The van der Waals surface area contributed by atoms with Gasteiger partial charge in [-0.3, -0.25) is 0 Å². The van der Waals surface area contributed by atoms with Crippen molar-refractivity contribution in [3.05, 3.63) is 0 Å². The van der Waals surface area contributed by atoms with Crippen molar-refractivity contribution in [2.75, 3.05) is 6.54 Å². The normalized spacial score (nSPS) is 39.8. The lowest BCUT2D eigenvalue weighted by Gasteiger charge is -2.36. The van der Waals surface area contributed by atoms with Crippen molar-refractivity contribution in [1.82, 2.24) is 5.32 Å². The fraction of sp³-hybridized carbons (Fsp3) is 1.00. The summed E-state index contributed by atoms with van der Waals surface area (Å²) in [6, 6.07) is 0.875. The van der Waals surface area contributed by atoms with Gasteiger partial charge in [-0.05, 0) is 30.7 Å². The standard InChI is InChI=1S/C10H19N/c1-3-10(4-2)6-9-5-8(10)7-11-9/h8-9,11H,3-7H2,1-2H3. The Morgan fingerprint density at radius 3 is 2.36 bits per heavy atom. The van der Waals surface area contributed by atoms with Crippen LogP contribution in [-0.2, 0) is 0 Å². The van der Waals surface area contributed by atoms with Gasteiger partial charge < -0.3 is 5.32 Å². The summed E-state index contributed by atoms with van der Waals surface area (Å²) in [5, 5.41) is 3.58. The van der Waals surface area contributed by atoms with Crippen molar-refractivity contribution >= 4 is 0 Å². The van der Waals surface area contributed by atoms with E-state index in [1.165, 1.54) is 32.2 Å². The number of hydrogen-bond acceptors (Lipinski definition) is 1. The van der Waals surface area contributed by atoms with Crippen LogP contribution in [0.15, 0.2) is 0 Å². The van der Waals surface area contributed by atoms with E-state index in [1.807, 2.05) is 0 Å². The van der Waals surface area contributed by atoms with Gasteiger partial charge >= 0.3 is 0 Å². The fourth-order valence-corrected chi connectivity index (χ4v) is 3.21. The molecular formula is C10H19N. The summed E-state index contributed by atoms with van der Waals surface area (Å²) in [4.78, 5) is 0. The maximum atomic E-state index is 3.58. The summed E-state index contributed by atoms with van der Waals surface area (Å²) < 4.78 is 0. The summed E-state index contributed by atoms with van der Waals surface area (Å²) in [5.74, 6) is 1.00. The van der Waals surface area contributed by atoms with Crippen LogP contribution < -0.4 is 5.32 Å². The van der Waals surface area contributed by atoms with Crippen molar-refractivity contribution in [2.45, 2.75) is 45.6 Å². The van der Waals surface area contributed by atoms with Gasteiger partial charge in [0, 0.05) is 6.04 Å². The van der Waals surface area contributed by atoms with Crippen molar-refractivity contribution < 1.29 is 0 Å². The van der Waals surface area contributed by atoms with Gasteiger partial charge in [-0.15, -0.1) is 0 Å². The molecule has 1 saturated heterocycles. The van der Waals surface area contributed by atoms with Crippen LogP contribution in [0, 0.1) is 11.3 Å². The van der Waals surface area contributed by atoms with Crippen molar-refractivity contribution in [3.8, 4) is 0 Å². The van der Waals surface area contributed by atoms with Crippen LogP contribution >= 0.6 is 0 Å². The monoisotopic (exact) mass is 153 g/mol. The van der Waals surface area contributed by atoms with Gasteiger partial charge in [-0.25, -0.2) is 0 Å². The molecule has 2 rings (SSSR count). The van der Waals surface area contributed by atoms with Crippen molar-refractivity contribution in [2.24, 2.45) is 11.3 Å². The molecule has 1 saturated carbocycles. The maximum Gasteiger partial charge on any atom is 0.00758 e. The Morgan fingerprint density at radius 1 is 1.36 bits per heavy atom. The number of nitrogens with one attached hydrogen (secondary N) is 1. The second kappa shape index (κ2) is 2.48. The summed E-state index contributed by atoms with van der Waals surface area (Å²) in [6.45, 7) is 6.03. The third-order valence-corrected chi connectivity index (χ3v) is 4.15. The van der Waals surface area contributed by atoms with E-state index in [4.69, 9.17) is 0 Å². The molecule has 1 heteroatoms. The molecule has 0 radical (unpaired) electrons. The van der Waals surface area contributed by atoms with E-state index in [0.29, 0.717) is 0 Å². The molecule has 0 amide bonds. The zero-order chi connectivity index (χ0) is 7.90. The molecule has 0 aromatic rings. The van der Waals surface area contributed by atoms with E-state index in [9.17, 15) is 0 Å². The highest BCUT2D eigenvalue weighted by Gasteiger charge is 2.48. The average molecular weight is 153 g/mol. The predicted octanol–water partition coefficient (Wildman–Crippen LogP) is 2.17. The van der Waals surface area contributed by atoms with E-state index in [0.717, 1.165) is 17.4 Å². The van der Waals surface area contributed by atoms with Gasteiger partial charge in [-0.1, -0.05) is 26.7 Å². The number of hydrogen-bond donors (Lipinski definition) is 1. The number of rotatable bonds is 2. The Morgan fingerprint density at radius 2 is 2.09 bits per heavy atom. The molecule has 2 bridgehead atoms. The van der Waals surface area contributed by atoms with E-state index in [1.54, 1.807) is 0 Å². The zero-order valence-corrected chi connectivity index (χ0v) is 7.69. The molecule has 0 aromatic carbocycles. The second-order valence-electron chi connectivity index (χ2n) is 4.31. The van der Waals surface area contributed by atoms with E-state index in [-0.39, 0.29) is 0 Å². The molecule has 2 fully saturated rings. The van der Waals surface area contributed by atoms with Crippen LogP contribution in [0.3, 0.4) is 0 Å². The van der Waals surface area contributed by atoms with Crippen LogP contribution in [0.2, 0.25) is 0 Å². The molecule has 1 heterocycles. The third-order valence-electron chi connectivity index (χ3n) is 4.15. The van der Waals surface area contributed by atoms with Crippen LogP contribution in [0.4, 0.5) is 0 Å². The predicted molar refractivity (Wildman–Crippen MR) is 47.5 cm³/mol. The Balaban J connectivity index is 2.14. The highest BCUT2D eigenvalue weighted by atomic mass is 15.0. The van der Waals surface area contributed by atoms with Crippen molar-refractivity contribution in [3.63, 3.8) is 0 Å². The molecule has 64 valence electrons. The zero-order valence-electron chi connectivity index (χ0n) is 7.69. The lowest BCUT2D eigenvalue weighted by atomic mass is 9.72. The minimum Gasteiger partial charge on any atom is -0.314 e. The lowest BCUT2D eigenvalue weighted by Crippen LogP contribution is -2.37. The topological polar surface area (TPSA) is 12.0 Å². The first-order valence-corrected chi connectivity index (χ1v) is 5.04. The Hall–Kier alpha value is -0.0400. The quantitative estimate of drug-likeness (QED) is 0.641. The minimum absolute atomic E-state index is 0.732. The van der Waals surface area contributed by atoms with Gasteiger partial charge in [0.15, 0.2) is 0 Å². The number of fused-ring (bicyclic) bond motifs is 2.